The number of benzene rings is 1. The third-order valence-corrected chi connectivity index (χ3v) is 3.95. The van der Waals surface area contributed by atoms with Crippen molar-refractivity contribution in [2.45, 2.75) is 44.5 Å². The van der Waals surface area contributed by atoms with Gasteiger partial charge in [0.1, 0.15) is 0 Å². The molecule has 1 saturated carbocycles. The van der Waals surface area contributed by atoms with Crippen LogP contribution in [-0.2, 0) is 12.4 Å². The van der Waals surface area contributed by atoms with E-state index >= 15 is 0 Å². The molecule has 0 N–H and O–H groups in total. The lowest BCUT2D eigenvalue weighted by Crippen LogP contribution is -2.20. The highest BCUT2D eigenvalue weighted by molar-refractivity contribution is 5.42. The van der Waals surface area contributed by atoms with Crippen molar-refractivity contribution in [1.82, 2.24) is 0 Å². The van der Waals surface area contributed by atoms with Crippen LogP contribution in [0.2, 0.25) is 0 Å². The third kappa shape index (κ3) is 2.79. The summed E-state index contributed by atoms with van der Waals surface area (Å²) in [6.07, 6.45) is -7.83. The predicted molar refractivity (Wildman–Crippen MR) is 62.2 cm³/mol. The maximum atomic E-state index is 13.0. The first kappa shape index (κ1) is 15.2. The van der Waals surface area contributed by atoms with Crippen LogP contribution in [0.4, 0.5) is 26.3 Å². The smallest absolute Gasteiger partial charge is 0.166 e. The van der Waals surface area contributed by atoms with E-state index in [2.05, 4.69) is 0 Å². The minimum atomic E-state index is -4.76. The van der Waals surface area contributed by atoms with Crippen molar-refractivity contribution in [1.29, 1.82) is 0 Å². The average molecular weight is 296 g/mol. The zero-order valence-corrected chi connectivity index (χ0v) is 10.8. The van der Waals surface area contributed by atoms with Crippen LogP contribution >= 0.6 is 0 Å². The quantitative estimate of drug-likeness (QED) is 0.589. The van der Waals surface area contributed by atoms with Crippen LogP contribution in [0.15, 0.2) is 18.2 Å². The molecule has 2 rings (SSSR count). The Bertz CT molecular complexity index is 453. The Kier molecular flexibility index (Phi) is 3.77. The van der Waals surface area contributed by atoms with Crippen LogP contribution < -0.4 is 0 Å². The number of halogens is 6. The number of hydrogen-bond donors (Lipinski definition) is 0. The van der Waals surface area contributed by atoms with E-state index in [1.54, 1.807) is 6.92 Å². The standard InChI is InChI=1S/C14H14F6/c1-8-4-2-5-9(8)12-10(13(15,16)17)6-3-7-11(12)14(18,19)20/h3,6-9H,2,4-5H2,1H3. The van der Waals surface area contributed by atoms with Gasteiger partial charge in [-0.3, -0.25) is 0 Å². The molecule has 1 aromatic rings. The van der Waals surface area contributed by atoms with Crippen LogP contribution in [-0.4, -0.2) is 0 Å². The molecule has 1 aliphatic carbocycles. The summed E-state index contributed by atoms with van der Waals surface area (Å²) < 4.78 is 78.2. The molecule has 1 aromatic carbocycles. The molecule has 2 atom stereocenters. The molecule has 0 saturated heterocycles. The highest BCUT2D eigenvalue weighted by Gasteiger charge is 2.44. The van der Waals surface area contributed by atoms with Crippen molar-refractivity contribution in [2.24, 2.45) is 5.92 Å². The van der Waals surface area contributed by atoms with E-state index in [0.717, 1.165) is 18.2 Å². The maximum Gasteiger partial charge on any atom is 0.416 e. The van der Waals surface area contributed by atoms with Gasteiger partial charge in [-0.2, -0.15) is 26.3 Å². The summed E-state index contributed by atoms with van der Waals surface area (Å²) >= 11 is 0. The zero-order valence-electron chi connectivity index (χ0n) is 10.8. The van der Waals surface area contributed by atoms with Gasteiger partial charge in [-0.05, 0) is 36.0 Å². The first-order chi connectivity index (χ1) is 9.12. The van der Waals surface area contributed by atoms with Crippen LogP contribution in [0.5, 0.6) is 0 Å². The molecule has 112 valence electrons. The SMILES string of the molecule is CC1CCCC1c1c(C(F)(F)F)cccc1C(F)(F)F. The normalized spacial score (nSPS) is 24.1. The van der Waals surface area contributed by atoms with Gasteiger partial charge in [-0.1, -0.05) is 25.8 Å². The van der Waals surface area contributed by atoms with E-state index in [1.165, 1.54) is 0 Å². The molecule has 0 spiro atoms. The van der Waals surface area contributed by atoms with Crippen molar-refractivity contribution in [3.8, 4) is 0 Å². The van der Waals surface area contributed by atoms with Gasteiger partial charge >= 0.3 is 12.4 Å². The fourth-order valence-electron chi connectivity index (χ4n) is 3.03. The summed E-state index contributed by atoms with van der Waals surface area (Å²) in [7, 11) is 0. The maximum absolute atomic E-state index is 13.0. The highest BCUT2D eigenvalue weighted by atomic mass is 19.4. The van der Waals surface area contributed by atoms with Crippen LogP contribution in [0.1, 0.15) is 48.8 Å². The molecule has 0 aliphatic heterocycles. The summed E-state index contributed by atoms with van der Waals surface area (Å²) in [4.78, 5) is 0. The lowest BCUT2D eigenvalue weighted by molar-refractivity contribution is -0.144. The van der Waals surface area contributed by atoms with Gasteiger partial charge in [0.25, 0.3) is 0 Å². The molecule has 0 nitrogen and oxygen atoms in total. The number of rotatable bonds is 1. The van der Waals surface area contributed by atoms with Crippen LogP contribution in [0, 0.1) is 5.92 Å². The molecule has 0 radical (unpaired) electrons. The average Bonchev–Trinajstić information content (AvgIpc) is 2.72. The Labute approximate surface area is 112 Å². The van der Waals surface area contributed by atoms with Gasteiger partial charge in [-0.25, -0.2) is 0 Å². The largest absolute Gasteiger partial charge is 0.416 e. The summed E-state index contributed by atoms with van der Waals surface area (Å²) in [5, 5.41) is 0. The van der Waals surface area contributed by atoms with E-state index in [-0.39, 0.29) is 5.92 Å². The van der Waals surface area contributed by atoms with Gasteiger partial charge in [-0.15, -0.1) is 0 Å². The summed E-state index contributed by atoms with van der Waals surface area (Å²) in [6.45, 7) is 1.71. The van der Waals surface area contributed by atoms with Gasteiger partial charge in [0.2, 0.25) is 0 Å². The summed E-state index contributed by atoms with van der Waals surface area (Å²) in [5.74, 6) is -0.843. The van der Waals surface area contributed by atoms with E-state index in [1.807, 2.05) is 0 Å². The number of hydrogen-bond acceptors (Lipinski definition) is 0. The molecule has 6 heteroatoms. The molecule has 0 amide bonds. The van der Waals surface area contributed by atoms with Crippen LogP contribution in [0.25, 0.3) is 0 Å². The Hall–Kier alpha value is -1.20. The Balaban J connectivity index is 2.66. The van der Waals surface area contributed by atoms with Gasteiger partial charge in [0.05, 0.1) is 11.1 Å². The molecule has 1 fully saturated rings. The van der Waals surface area contributed by atoms with Gasteiger partial charge in [0, 0.05) is 0 Å². The topological polar surface area (TPSA) is 0 Å². The molecule has 0 heterocycles. The van der Waals surface area contributed by atoms with Crippen molar-refractivity contribution < 1.29 is 26.3 Å². The highest BCUT2D eigenvalue weighted by Crippen LogP contribution is 2.48. The second-order valence-electron chi connectivity index (χ2n) is 5.28. The Morgan fingerprint density at radius 2 is 1.40 bits per heavy atom. The van der Waals surface area contributed by atoms with E-state index < -0.39 is 35.0 Å². The van der Waals surface area contributed by atoms with Gasteiger partial charge in [0.15, 0.2) is 0 Å². The molecule has 20 heavy (non-hydrogen) atoms. The van der Waals surface area contributed by atoms with E-state index in [0.29, 0.717) is 19.3 Å². The monoisotopic (exact) mass is 296 g/mol. The first-order valence-electron chi connectivity index (χ1n) is 6.39. The van der Waals surface area contributed by atoms with Crippen molar-refractivity contribution >= 4 is 0 Å². The molecule has 2 unspecified atom stereocenters. The second kappa shape index (κ2) is 4.97. The third-order valence-electron chi connectivity index (χ3n) is 3.95. The van der Waals surface area contributed by atoms with Crippen LogP contribution in [0.3, 0.4) is 0 Å². The van der Waals surface area contributed by atoms with E-state index in [9.17, 15) is 26.3 Å². The Morgan fingerprint density at radius 3 is 1.75 bits per heavy atom. The molecular weight excluding hydrogens is 282 g/mol. The van der Waals surface area contributed by atoms with Crippen molar-refractivity contribution in [3.63, 3.8) is 0 Å². The van der Waals surface area contributed by atoms with Gasteiger partial charge < -0.3 is 0 Å². The van der Waals surface area contributed by atoms with E-state index in [4.69, 9.17) is 0 Å². The van der Waals surface area contributed by atoms with Crippen molar-refractivity contribution in [3.05, 3.63) is 34.9 Å². The van der Waals surface area contributed by atoms with Crippen molar-refractivity contribution in [2.75, 3.05) is 0 Å². The fraction of sp³-hybridized carbons (Fsp3) is 0.571. The lowest BCUT2D eigenvalue weighted by atomic mass is 9.83. The zero-order chi connectivity index (χ0) is 15.1. The first-order valence-corrected chi connectivity index (χ1v) is 6.39. The fourth-order valence-corrected chi connectivity index (χ4v) is 3.03. The molecule has 1 aliphatic rings. The second-order valence-corrected chi connectivity index (χ2v) is 5.28. The Morgan fingerprint density at radius 1 is 0.900 bits per heavy atom. The summed E-state index contributed by atoms with van der Waals surface area (Å²) in [5.41, 5.74) is -2.87. The lowest BCUT2D eigenvalue weighted by Gasteiger charge is -2.25. The minimum absolute atomic E-state index is 0.167. The number of alkyl halides is 6. The predicted octanol–water partition coefficient (Wildman–Crippen LogP) is 5.63. The molecular formula is C14H14F6. The minimum Gasteiger partial charge on any atom is -0.166 e. The molecule has 0 bridgehead atoms. The molecule has 0 aromatic heterocycles. The summed E-state index contributed by atoms with van der Waals surface area (Å²) in [6, 6.07) is 2.32.